The number of nitrogens with one attached hydrogen (secondary N) is 1. The van der Waals surface area contributed by atoms with Crippen molar-refractivity contribution in [3.8, 4) is 5.75 Å². The number of ether oxygens (including phenoxy) is 1. The number of aryl methyl sites for hydroxylation is 1. The van der Waals surface area contributed by atoms with Crippen molar-refractivity contribution in [2.24, 2.45) is 0 Å². The molecule has 1 unspecified atom stereocenters. The lowest BCUT2D eigenvalue weighted by Gasteiger charge is -2.27. The Morgan fingerprint density at radius 1 is 1.06 bits per heavy atom. The molecule has 0 saturated carbocycles. The van der Waals surface area contributed by atoms with Crippen molar-refractivity contribution in [1.82, 2.24) is 0 Å². The zero-order chi connectivity index (χ0) is 23.2. The number of nitrogens with zero attached hydrogens (tertiary/aromatic N) is 1. The monoisotopic (exact) mass is 460 g/mol. The minimum atomic E-state index is -0.262. The molecule has 1 aliphatic heterocycles. The Bertz CT molecular complexity index is 1130. The van der Waals surface area contributed by atoms with Crippen molar-refractivity contribution in [3.05, 3.63) is 89.5 Å². The van der Waals surface area contributed by atoms with Gasteiger partial charge in [-0.1, -0.05) is 55.8 Å². The van der Waals surface area contributed by atoms with Gasteiger partial charge in [0, 0.05) is 16.8 Å². The molecule has 1 saturated heterocycles. The van der Waals surface area contributed by atoms with E-state index in [9.17, 15) is 9.59 Å². The molecule has 0 bridgehead atoms. The highest BCUT2D eigenvalue weighted by Crippen LogP contribution is 2.46. The normalized spacial score (nSPS) is 15.5. The number of unbranched alkanes of at least 4 members (excludes halogenated alkanes) is 1. The van der Waals surface area contributed by atoms with Crippen molar-refractivity contribution < 1.29 is 14.3 Å². The Balaban J connectivity index is 1.59. The number of hydrogen-bond donors (Lipinski definition) is 1. The number of carbonyl (C=O) groups excluding carboxylic acids is 2. The minimum absolute atomic E-state index is 0.0123. The molecule has 3 aromatic rings. The average molecular weight is 461 g/mol. The lowest BCUT2D eigenvalue weighted by atomic mass is 10.1. The van der Waals surface area contributed by atoms with E-state index in [4.69, 9.17) is 4.74 Å². The second kappa shape index (κ2) is 10.6. The summed E-state index contributed by atoms with van der Waals surface area (Å²) in [4.78, 5) is 27.6. The van der Waals surface area contributed by atoms with Crippen LogP contribution in [0.4, 0.5) is 11.4 Å². The number of amides is 2. The fraction of sp³-hybridized carbons (Fsp3) is 0.259. The van der Waals surface area contributed by atoms with E-state index in [1.165, 1.54) is 5.56 Å². The quantitative estimate of drug-likeness (QED) is 0.443. The Labute approximate surface area is 199 Å². The molecule has 170 valence electrons. The average Bonchev–Trinajstić information content (AvgIpc) is 3.24. The number of hydrogen-bond acceptors (Lipinski definition) is 4. The van der Waals surface area contributed by atoms with Gasteiger partial charge in [0.2, 0.25) is 5.91 Å². The molecule has 0 spiro atoms. The van der Waals surface area contributed by atoms with Crippen LogP contribution in [-0.4, -0.2) is 24.7 Å². The number of para-hydroxylation sites is 3. The Kier molecular flexibility index (Phi) is 7.35. The first-order valence-electron chi connectivity index (χ1n) is 11.2. The van der Waals surface area contributed by atoms with E-state index < -0.39 is 0 Å². The summed E-state index contributed by atoms with van der Waals surface area (Å²) in [5, 5.41) is 2.80. The second-order valence-corrected chi connectivity index (χ2v) is 9.01. The molecule has 0 aliphatic carbocycles. The van der Waals surface area contributed by atoms with Gasteiger partial charge in [0.25, 0.3) is 5.91 Å². The van der Waals surface area contributed by atoms with Gasteiger partial charge in [0.05, 0.1) is 18.6 Å². The van der Waals surface area contributed by atoms with Crippen LogP contribution in [0.1, 0.15) is 46.6 Å². The fourth-order valence-corrected chi connectivity index (χ4v) is 5.17. The summed E-state index contributed by atoms with van der Waals surface area (Å²) in [6.07, 6.45) is 3.30. The summed E-state index contributed by atoms with van der Waals surface area (Å²) >= 11 is 1.54. The number of thioether (sulfide) groups is 1. The zero-order valence-electron chi connectivity index (χ0n) is 18.9. The van der Waals surface area contributed by atoms with E-state index in [1.54, 1.807) is 23.8 Å². The Hall–Kier alpha value is -3.25. The summed E-state index contributed by atoms with van der Waals surface area (Å²) in [5.74, 6) is 0.855. The smallest absolute Gasteiger partial charge is 0.255 e. The largest absolute Gasteiger partial charge is 0.495 e. The fourth-order valence-electron chi connectivity index (χ4n) is 3.97. The van der Waals surface area contributed by atoms with Gasteiger partial charge in [-0.15, -0.1) is 11.8 Å². The van der Waals surface area contributed by atoms with Crippen LogP contribution in [0, 0.1) is 0 Å². The van der Waals surface area contributed by atoms with Gasteiger partial charge in [-0.3, -0.25) is 14.5 Å². The Morgan fingerprint density at radius 2 is 1.79 bits per heavy atom. The van der Waals surface area contributed by atoms with Gasteiger partial charge in [-0.25, -0.2) is 0 Å². The molecule has 4 rings (SSSR count). The van der Waals surface area contributed by atoms with Gasteiger partial charge < -0.3 is 10.1 Å². The minimum Gasteiger partial charge on any atom is -0.495 e. The predicted molar refractivity (Wildman–Crippen MR) is 135 cm³/mol. The molecule has 1 N–H and O–H groups in total. The highest BCUT2D eigenvalue weighted by atomic mass is 32.2. The Morgan fingerprint density at radius 3 is 2.55 bits per heavy atom. The molecular formula is C27H28N2O3S. The topological polar surface area (TPSA) is 58.6 Å². The van der Waals surface area contributed by atoms with E-state index in [0.717, 1.165) is 30.5 Å². The standard InChI is InChI=1S/C27H28N2O3S/c1-3-4-9-19-14-16-20(17-15-19)26(31)28-22-11-6-5-10-21(22)27-29(25(30)18-33-27)23-12-7-8-13-24(23)32-2/h5-8,10-17,27H,3-4,9,18H2,1-2H3,(H,28,31). The first-order chi connectivity index (χ1) is 16.1. The van der Waals surface area contributed by atoms with Crippen molar-refractivity contribution in [2.45, 2.75) is 31.6 Å². The third-order valence-corrected chi connectivity index (χ3v) is 6.92. The number of benzene rings is 3. The highest BCUT2D eigenvalue weighted by molar-refractivity contribution is 8.00. The van der Waals surface area contributed by atoms with Gasteiger partial charge in [-0.05, 0) is 48.7 Å². The summed E-state index contributed by atoms with van der Waals surface area (Å²) < 4.78 is 5.50. The molecule has 5 nitrogen and oxygen atoms in total. The predicted octanol–water partition coefficient (Wildman–Crippen LogP) is 6.07. The number of methoxy groups -OCH3 is 1. The molecule has 1 fully saturated rings. The van der Waals surface area contributed by atoms with Crippen LogP contribution in [0.3, 0.4) is 0 Å². The molecule has 3 aromatic carbocycles. The lowest BCUT2D eigenvalue weighted by Crippen LogP contribution is -2.29. The van der Waals surface area contributed by atoms with Gasteiger partial charge >= 0.3 is 0 Å². The van der Waals surface area contributed by atoms with Crippen LogP contribution in [-0.2, 0) is 11.2 Å². The highest BCUT2D eigenvalue weighted by Gasteiger charge is 2.36. The van der Waals surface area contributed by atoms with E-state index in [1.807, 2.05) is 72.8 Å². The van der Waals surface area contributed by atoms with Crippen LogP contribution in [0.25, 0.3) is 0 Å². The maximum atomic E-state index is 13.0. The molecule has 1 aliphatic rings. The molecule has 0 radical (unpaired) electrons. The van der Waals surface area contributed by atoms with Crippen molar-refractivity contribution in [3.63, 3.8) is 0 Å². The summed E-state index contributed by atoms with van der Waals surface area (Å²) in [6.45, 7) is 2.17. The van der Waals surface area contributed by atoms with Crippen LogP contribution < -0.4 is 15.0 Å². The van der Waals surface area contributed by atoms with Crippen LogP contribution in [0.15, 0.2) is 72.8 Å². The SMILES string of the molecule is CCCCc1ccc(C(=O)Nc2ccccc2C2SCC(=O)N2c2ccccc2OC)cc1. The third kappa shape index (κ3) is 5.06. The molecular weight excluding hydrogens is 432 g/mol. The molecule has 2 amide bonds. The van der Waals surface area contributed by atoms with Crippen LogP contribution >= 0.6 is 11.8 Å². The maximum Gasteiger partial charge on any atom is 0.255 e. The summed E-state index contributed by atoms with van der Waals surface area (Å²) in [6, 6.07) is 23.0. The van der Waals surface area contributed by atoms with Gasteiger partial charge in [0.15, 0.2) is 0 Å². The third-order valence-electron chi connectivity index (χ3n) is 5.72. The molecule has 0 aromatic heterocycles. The van der Waals surface area contributed by atoms with E-state index in [0.29, 0.717) is 22.8 Å². The maximum absolute atomic E-state index is 13.0. The first kappa shape index (κ1) is 22.9. The van der Waals surface area contributed by atoms with Crippen molar-refractivity contribution in [2.75, 3.05) is 23.1 Å². The number of rotatable bonds is 8. The zero-order valence-corrected chi connectivity index (χ0v) is 19.7. The summed E-state index contributed by atoms with van der Waals surface area (Å²) in [7, 11) is 1.60. The molecule has 6 heteroatoms. The number of anilines is 2. The molecule has 33 heavy (non-hydrogen) atoms. The summed E-state index contributed by atoms with van der Waals surface area (Å²) in [5.41, 5.74) is 4.16. The van der Waals surface area contributed by atoms with E-state index in [2.05, 4.69) is 12.2 Å². The van der Waals surface area contributed by atoms with E-state index >= 15 is 0 Å². The van der Waals surface area contributed by atoms with Crippen LogP contribution in [0.5, 0.6) is 5.75 Å². The van der Waals surface area contributed by atoms with E-state index in [-0.39, 0.29) is 17.2 Å². The van der Waals surface area contributed by atoms with Crippen LogP contribution in [0.2, 0.25) is 0 Å². The van der Waals surface area contributed by atoms with Crippen molar-refractivity contribution >= 4 is 35.0 Å². The first-order valence-corrected chi connectivity index (χ1v) is 12.2. The number of carbonyl (C=O) groups is 2. The molecule has 1 heterocycles. The van der Waals surface area contributed by atoms with Gasteiger partial charge in [0.1, 0.15) is 11.1 Å². The lowest BCUT2D eigenvalue weighted by molar-refractivity contribution is -0.115. The molecule has 1 atom stereocenters. The van der Waals surface area contributed by atoms with Crippen molar-refractivity contribution in [1.29, 1.82) is 0 Å². The second-order valence-electron chi connectivity index (χ2n) is 7.94. The van der Waals surface area contributed by atoms with Gasteiger partial charge in [-0.2, -0.15) is 0 Å².